The van der Waals surface area contributed by atoms with Crippen molar-refractivity contribution in [1.82, 2.24) is 10.2 Å². The Bertz CT molecular complexity index is 1580. The number of rotatable bonds is 4. The van der Waals surface area contributed by atoms with Gasteiger partial charge in [0.25, 0.3) is 5.56 Å². The minimum atomic E-state index is -0.770. The van der Waals surface area contributed by atoms with E-state index in [1.54, 1.807) is 42.5 Å². The lowest BCUT2D eigenvalue weighted by Gasteiger charge is -2.17. The molecule has 0 saturated heterocycles. The first-order chi connectivity index (χ1) is 17.0. The number of nitriles is 1. The molecule has 1 aromatic heterocycles. The Morgan fingerprint density at radius 3 is 2.49 bits per heavy atom. The topological polar surface area (TPSA) is 134 Å². The lowest BCUT2D eigenvalue weighted by Crippen LogP contribution is -2.15. The van der Waals surface area contributed by atoms with Crippen LogP contribution >= 0.6 is 11.6 Å². The van der Waals surface area contributed by atoms with Crippen molar-refractivity contribution in [2.45, 2.75) is 20.4 Å². The van der Waals surface area contributed by atoms with E-state index in [0.29, 0.717) is 38.4 Å². The molecule has 0 aliphatic rings. The number of nitrogens with zero attached hydrogens (tertiary/aromatic N) is 3. The molecule has 9 heteroatoms. The second-order valence-electron chi connectivity index (χ2n) is 7.15. The predicted octanol–water partition coefficient (Wildman–Crippen LogP) is 4.64. The summed E-state index contributed by atoms with van der Waals surface area (Å²) in [6.07, 6.45) is 1.27. The van der Waals surface area contributed by atoms with Gasteiger partial charge in [-0.2, -0.15) is 10.4 Å². The Morgan fingerprint density at radius 1 is 1.20 bits per heavy atom. The second kappa shape index (κ2) is 10.9. The fraction of sp³-hybridized carbons (Fsp3) is 0.154. The van der Waals surface area contributed by atoms with Crippen LogP contribution in [-0.2, 0) is 6.54 Å². The number of fused-ring (bicyclic) bond motifs is 2. The summed E-state index contributed by atoms with van der Waals surface area (Å²) in [5.74, 6) is -0.770. The number of hydrogen-bond acceptors (Lipinski definition) is 6. The van der Waals surface area contributed by atoms with Crippen molar-refractivity contribution in [1.29, 1.82) is 5.26 Å². The summed E-state index contributed by atoms with van der Waals surface area (Å²) < 4.78 is 15.5. The zero-order valence-electron chi connectivity index (χ0n) is 19.5. The van der Waals surface area contributed by atoms with E-state index in [-0.39, 0.29) is 34.0 Å². The highest BCUT2D eigenvalue weighted by atomic mass is 35.5. The van der Waals surface area contributed by atoms with Crippen LogP contribution < -0.4 is 17.0 Å². The largest absolute Gasteiger partial charge is 0.404 e. The summed E-state index contributed by atoms with van der Waals surface area (Å²) in [5.41, 5.74) is 12.9. The highest BCUT2D eigenvalue weighted by Crippen LogP contribution is 2.36. The van der Waals surface area contributed by atoms with Gasteiger partial charge in [0, 0.05) is 41.5 Å². The Balaban J connectivity index is 0.00000167. The molecule has 0 unspecified atom stereocenters. The van der Waals surface area contributed by atoms with Crippen LogP contribution in [0.5, 0.6) is 0 Å². The molecule has 35 heavy (non-hydrogen) atoms. The van der Waals surface area contributed by atoms with E-state index in [1.807, 2.05) is 13.8 Å². The van der Waals surface area contributed by atoms with Crippen LogP contribution in [0, 0.1) is 17.1 Å². The van der Waals surface area contributed by atoms with E-state index in [1.165, 1.54) is 13.2 Å². The summed E-state index contributed by atoms with van der Waals surface area (Å²) in [5, 5.41) is 18.1. The lowest BCUT2D eigenvalue weighted by atomic mass is 9.89. The first-order valence-electron chi connectivity index (χ1n) is 10.9. The van der Waals surface area contributed by atoms with Crippen LogP contribution in [0.1, 0.15) is 36.2 Å². The first-order valence-corrected chi connectivity index (χ1v) is 11.3. The van der Waals surface area contributed by atoms with Gasteiger partial charge in [-0.15, -0.1) is 0 Å². The monoisotopic (exact) mass is 490 g/mol. The molecule has 3 aromatic carbocycles. The van der Waals surface area contributed by atoms with E-state index >= 15 is 4.39 Å². The van der Waals surface area contributed by atoms with Gasteiger partial charge in [-0.05, 0) is 17.7 Å². The number of halogens is 2. The Hall–Kier alpha value is -4.06. The van der Waals surface area contributed by atoms with E-state index in [2.05, 4.69) is 21.3 Å². The van der Waals surface area contributed by atoms with Gasteiger partial charge in [0.1, 0.15) is 6.07 Å². The first kappa shape index (κ1) is 25.6. The van der Waals surface area contributed by atoms with Gasteiger partial charge in [-0.3, -0.25) is 9.79 Å². The lowest BCUT2D eigenvalue weighted by molar-refractivity contribution is 0.627. The molecule has 1 heterocycles. The van der Waals surface area contributed by atoms with Crippen LogP contribution in [0.2, 0.25) is 5.02 Å². The number of nitrogens with one attached hydrogen (secondary N) is 1. The number of aromatic amines is 1. The SMILES string of the molecule is CC.CN=C(/C(=C\N)c1ccc2c(=O)[nH]nc(CN)c2c1)c1c(F)c(Cl)c2ccccc2c1C#N. The summed E-state index contributed by atoms with van der Waals surface area (Å²) >= 11 is 6.34. The van der Waals surface area contributed by atoms with Crippen LogP contribution in [0.15, 0.2) is 58.5 Å². The number of hydrogen-bond donors (Lipinski definition) is 3. The average Bonchev–Trinajstić information content (AvgIpc) is 2.90. The van der Waals surface area contributed by atoms with Crippen LogP contribution in [-0.4, -0.2) is 23.0 Å². The number of aromatic nitrogens is 2. The van der Waals surface area contributed by atoms with Crippen LogP contribution in [0.4, 0.5) is 4.39 Å². The highest BCUT2D eigenvalue weighted by Gasteiger charge is 2.25. The van der Waals surface area contributed by atoms with Crippen molar-refractivity contribution < 1.29 is 4.39 Å². The summed E-state index contributed by atoms with van der Waals surface area (Å²) in [6.45, 7) is 4.10. The van der Waals surface area contributed by atoms with Gasteiger partial charge >= 0.3 is 0 Å². The quantitative estimate of drug-likeness (QED) is 0.358. The van der Waals surface area contributed by atoms with Crippen molar-refractivity contribution in [3.8, 4) is 6.07 Å². The molecule has 4 aromatic rings. The number of nitrogens with two attached hydrogens (primary N) is 2. The summed E-state index contributed by atoms with van der Waals surface area (Å²) in [4.78, 5) is 16.5. The van der Waals surface area contributed by atoms with Gasteiger partial charge in [-0.25, -0.2) is 9.49 Å². The van der Waals surface area contributed by atoms with Gasteiger partial charge in [0.2, 0.25) is 0 Å². The van der Waals surface area contributed by atoms with Gasteiger partial charge in [0.05, 0.1) is 32.9 Å². The molecule has 0 aliphatic heterocycles. The molecular weight excluding hydrogens is 467 g/mol. The molecule has 0 spiro atoms. The number of benzene rings is 3. The maximum absolute atomic E-state index is 15.5. The van der Waals surface area contributed by atoms with Crippen molar-refractivity contribution in [2.75, 3.05) is 7.05 Å². The van der Waals surface area contributed by atoms with E-state index in [0.717, 1.165) is 0 Å². The van der Waals surface area contributed by atoms with Crippen LogP contribution in [0.3, 0.4) is 0 Å². The van der Waals surface area contributed by atoms with Crippen molar-refractivity contribution in [3.63, 3.8) is 0 Å². The molecule has 7 nitrogen and oxygen atoms in total. The average molecular weight is 491 g/mol. The van der Waals surface area contributed by atoms with E-state index in [9.17, 15) is 10.1 Å². The normalized spacial score (nSPS) is 11.8. The fourth-order valence-electron chi connectivity index (χ4n) is 3.93. The molecule has 178 valence electrons. The molecule has 4 rings (SSSR count). The maximum atomic E-state index is 15.5. The van der Waals surface area contributed by atoms with E-state index < -0.39 is 5.82 Å². The predicted molar refractivity (Wildman–Crippen MR) is 140 cm³/mol. The summed E-state index contributed by atoms with van der Waals surface area (Å²) in [6, 6.07) is 13.9. The zero-order chi connectivity index (χ0) is 25.7. The molecule has 0 aliphatic carbocycles. The Labute approximate surface area is 206 Å². The van der Waals surface area contributed by atoms with Gasteiger partial charge in [0.15, 0.2) is 5.82 Å². The van der Waals surface area contributed by atoms with Gasteiger partial charge < -0.3 is 11.5 Å². The van der Waals surface area contributed by atoms with Gasteiger partial charge in [-0.1, -0.05) is 55.8 Å². The molecule has 0 bridgehead atoms. The van der Waals surface area contributed by atoms with Crippen molar-refractivity contribution in [3.05, 3.63) is 92.2 Å². The molecular formula is C26H24ClFN6O. The smallest absolute Gasteiger partial charge is 0.272 e. The maximum Gasteiger partial charge on any atom is 0.272 e. The number of H-pyrrole nitrogens is 1. The third-order valence-corrected chi connectivity index (χ3v) is 5.83. The minimum Gasteiger partial charge on any atom is -0.404 e. The van der Waals surface area contributed by atoms with Crippen molar-refractivity contribution >= 4 is 44.4 Å². The number of allylic oxidation sites excluding steroid dienone is 1. The Morgan fingerprint density at radius 2 is 1.89 bits per heavy atom. The second-order valence-corrected chi connectivity index (χ2v) is 7.53. The molecule has 0 atom stereocenters. The molecule has 0 radical (unpaired) electrons. The third kappa shape index (κ3) is 4.39. The Kier molecular flexibility index (Phi) is 7.97. The molecule has 0 fully saturated rings. The molecule has 5 N–H and O–H groups in total. The fourth-order valence-corrected chi connectivity index (χ4v) is 4.18. The van der Waals surface area contributed by atoms with Crippen LogP contribution in [0.25, 0.3) is 27.1 Å². The molecule has 0 saturated carbocycles. The molecule has 0 amide bonds. The third-order valence-electron chi connectivity index (χ3n) is 5.46. The number of aliphatic imine (C=N–C) groups is 1. The van der Waals surface area contributed by atoms with E-state index in [4.69, 9.17) is 23.1 Å². The standard InChI is InChI=1S/C24H18ClFN6O.C2H6/c1-30-23(20-18(10-28)13-4-2-3-5-14(13)21(25)22(20)26)17(9-27)12-6-7-15-16(8-12)19(11-29)31-32-24(15)33;1-2/h2-9H,11,27,29H2,1H3,(H,32,33);1-2H3/b17-9-,30-23?;. The highest BCUT2D eigenvalue weighted by molar-refractivity contribution is 6.39. The van der Waals surface area contributed by atoms with Crippen molar-refractivity contribution in [2.24, 2.45) is 16.5 Å². The minimum absolute atomic E-state index is 0.0522. The summed E-state index contributed by atoms with van der Waals surface area (Å²) in [7, 11) is 1.47. The zero-order valence-corrected chi connectivity index (χ0v) is 20.2.